The Morgan fingerprint density at radius 3 is 2.81 bits per heavy atom. The van der Waals surface area contributed by atoms with Gasteiger partial charge in [0.1, 0.15) is 5.75 Å². The number of methoxy groups -OCH3 is 1. The number of hydrogen-bond acceptors (Lipinski definition) is 8. The lowest BCUT2D eigenvalue weighted by Gasteiger charge is -2.04. The molecule has 0 atom stereocenters. The third-order valence-electron chi connectivity index (χ3n) is 5.17. The maximum atomic E-state index is 5.26. The van der Waals surface area contributed by atoms with Crippen molar-refractivity contribution in [2.45, 2.75) is 13.5 Å². The van der Waals surface area contributed by atoms with Crippen LogP contribution in [0.25, 0.3) is 16.8 Å². The van der Waals surface area contributed by atoms with Gasteiger partial charge in [-0.3, -0.25) is 4.68 Å². The second kappa shape index (κ2) is 8.89. The summed E-state index contributed by atoms with van der Waals surface area (Å²) < 4.78 is 7.23. The van der Waals surface area contributed by atoms with Gasteiger partial charge in [0.15, 0.2) is 5.13 Å². The Hall–Kier alpha value is -3.56. The van der Waals surface area contributed by atoms with Crippen molar-refractivity contribution in [3.8, 4) is 17.0 Å². The molecule has 1 aliphatic heterocycles. The number of aryl methyl sites for hydroxylation is 1. The second-order valence-corrected chi connectivity index (χ2v) is 8.34. The van der Waals surface area contributed by atoms with Gasteiger partial charge in [-0.25, -0.2) is 15.0 Å². The molecule has 2 N–H and O–H groups in total. The molecule has 0 radical (unpaired) electrons. The molecule has 0 fully saturated rings. The molecule has 8 nitrogen and oxygen atoms in total. The number of nitrogens with one attached hydrogen (secondary N) is 2. The van der Waals surface area contributed by atoms with Crippen LogP contribution in [0.1, 0.15) is 17.0 Å². The van der Waals surface area contributed by atoms with E-state index in [1.165, 1.54) is 16.9 Å². The molecule has 0 unspecified atom stereocenters. The fraction of sp³-hybridized carbons (Fsp3) is 0.217. The van der Waals surface area contributed by atoms with Crippen LogP contribution in [-0.4, -0.2) is 44.9 Å². The minimum atomic E-state index is 0.545. The molecule has 0 bridgehead atoms. The van der Waals surface area contributed by atoms with Crippen molar-refractivity contribution in [2.75, 3.05) is 25.5 Å². The maximum absolute atomic E-state index is 5.26. The highest BCUT2D eigenvalue weighted by atomic mass is 32.1. The first-order chi connectivity index (χ1) is 15.7. The Kier molecular flexibility index (Phi) is 5.66. The van der Waals surface area contributed by atoms with Gasteiger partial charge in [0.25, 0.3) is 0 Å². The molecular formula is C23H23N7OS. The summed E-state index contributed by atoms with van der Waals surface area (Å²) in [4.78, 5) is 13.4. The van der Waals surface area contributed by atoms with E-state index < -0.39 is 0 Å². The Morgan fingerprint density at radius 2 is 2.06 bits per heavy atom. The zero-order chi connectivity index (χ0) is 21.9. The molecule has 0 spiro atoms. The van der Waals surface area contributed by atoms with Gasteiger partial charge in [0.2, 0.25) is 5.95 Å². The third kappa shape index (κ3) is 4.39. The lowest BCUT2D eigenvalue weighted by Crippen LogP contribution is -2.08. The number of benzene rings is 1. The molecule has 4 heterocycles. The zero-order valence-corrected chi connectivity index (χ0v) is 18.7. The Balaban J connectivity index is 1.44. The van der Waals surface area contributed by atoms with Crippen LogP contribution in [0, 0.1) is 6.92 Å². The highest BCUT2D eigenvalue weighted by Crippen LogP contribution is 2.32. The molecule has 0 saturated heterocycles. The van der Waals surface area contributed by atoms with Gasteiger partial charge >= 0.3 is 0 Å². The molecule has 4 aromatic rings. The number of rotatable bonds is 7. The van der Waals surface area contributed by atoms with Crippen molar-refractivity contribution in [2.24, 2.45) is 0 Å². The van der Waals surface area contributed by atoms with E-state index in [9.17, 15) is 0 Å². The maximum Gasteiger partial charge on any atom is 0.229 e. The summed E-state index contributed by atoms with van der Waals surface area (Å²) in [5.41, 5.74) is 6.12. The fourth-order valence-corrected chi connectivity index (χ4v) is 4.26. The van der Waals surface area contributed by atoms with Crippen molar-refractivity contribution in [1.82, 2.24) is 30.0 Å². The number of ether oxygens (including phenoxy) is 1. The van der Waals surface area contributed by atoms with Crippen molar-refractivity contribution < 1.29 is 4.74 Å². The van der Waals surface area contributed by atoms with Gasteiger partial charge in [0.05, 0.1) is 25.0 Å². The van der Waals surface area contributed by atoms with Crippen molar-refractivity contribution in [3.63, 3.8) is 0 Å². The van der Waals surface area contributed by atoms with Crippen LogP contribution in [0.4, 0.5) is 11.1 Å². The molecule has 162 valence electrons. The molecule has 0 amide bonds. The summed E-state index contributed by atoms with van der Waals surface area (Å²) >= 11 is 1.53. The SMILES string of the molecule is COc1ccc(Cn2cc(-c3csc(Nc4nccc(C)n4)n3)c(C3=CCNC3)n2)cc1. The van der Waals surface area contributed by atoms with E-state index in [0.29, 0.717) is 12.5 Å². The van der Waals surface area contributed by atoms with Crippen molar-refractivity contribution >= 4 is 28.0 Å². The average molecular weight is 446 g/mol. The van der Waals surface area contributed by atoms with Gasteiger partial charge in [-0.05, 0) is 36.3 Å². The first-order valence-electron chi connectivity index (χ1n) is 10.3. The summed E-state index contributed by atoms with van der Waals surface area (Å²) in [6.45, 7) is 4.27. The van der Waals surface area contributed by atoms with E-state index in [-0.39, 0.29) is 0 Å². The van der Waals surface area contributed by atoms with Crippen LogP contribution in [0.2, 0.25) is 0 Å². The number of aromatic nitrogens is 5. The van der Waals surface area contributed by atoms with Crippen LogP contribution in [0.3, 0.4) is 0 Å². The van der Waals surface area contributed by atoms with Gasteiger partial charge in [-0.1, -0.05) is 18.2 Å². The second-order valence-electron chi connectivity index (χ2n) is 7.48. The Morgan fingerprint density at radius 1 is 1.19 bits per heavy atom. The van der Waals surface area contributed by atoms with E-state index in [1.54, 1.807) is 13.3 Å². The molecule has 0 aliphatic carbocycles. The van der Waals surface area contributed by atoms with Crippen LogP contribution in [0.5, 0.6) is 5.75 Å². The van der Waals surface area contributed by atoms with Crippen LogP contribution < -0.4 is 15.4 Å². The van der Waals surface area contributed by atoms with Gasteiger partial charge in [0, 0.05) is 42.1 Å². The average Bonchev–Trinajstić information content (AvgIpc) is 3.55. The zero-order valence-electron chi connectivity index (χ0n) is 17.9. The van der Waals surface area contributed by atoms with Crippen molar-refractivity contribution in [1.29, 1.82) is 0 Å². The van der Waals surface area contributed by atoms with Gasteiger partial charge in [-0.2, -0.15) is 5.10 Å². The highest BCUT2D eigenvalue weighted by molar-refractivity contribution is 7.14. The Labute approximate surface area is 190 Å². The topological polar surface area (TPSA) is 89.8 Å². The number of anilines is 2. The molecule has 1 aliphatic rings. The predicted molar refractivity (Wildman–Crippen MR) is 126 cm³/mol. The van der Waals surface area contributed by atoms with Crippen molar-refractivity contribution in [3.05, 3.63) is 71.1 Å². The first-order valence-corrected chi connectivity index (χ1v) is 11.2. The molecule has 0 saturated carbocycles. The predicted octanol–water partition coefficient (Wildman–Crippen LogP) is 3.89. The number of thiazole rings is 1. The lowest BCUT2D eigenvalue weighted by atomic mass is 10.1. The first kappa shape index (κ1) is 20.3. The van der Waals surface area contributed by atoms with Gasteiger partial charge in [-0.15, -0.1) is 11.3 Å². The van der Waals surface area contributed by atoms with E-state index in [4.69, 9.17) is 14.8 Å². The summed E-state index contributed by atoms with van der Waals surface area (Å²) in [5, 5.41) is 14.3. The minimum absolute atomic E-state index is 0.545. The monoisotopic (exact) mass is 445 g/mol. The smallest absolute Gasteiger partial charge is 0.229 e. The third-order valence-corrected chi connectivity index (χ3v) is 5.93. The molecule has 9 heteroatoms. The summed E-state index contributed by atoms with van der Waals surface area (Å²) in [7, 11) is 1.67. The van der Waals surface area contributed by atoms with Crippen LogP contribution in [-0.2, 0) is 6.54 Å². The molecule has 5 rings (SSSR count). The summed E-state index contributed by atoms with van der Waals surface area (Å²) in [6.07, 6.45) is 6.00. The number of nitrogens with zero attached hydrogens (tertiary/aromatic N) is 5. The lowest BCUT2D eigenvalue weighted by molar-refractivity contribution is 0.414. The standard InChI is InChI=1S/C23H23N7OS/c1-15-7-10-25-22(26-15)28-23-27-20(14-32-23)19-13-30(29-21(19)17-8-9-24-11-17)12-16-3-5-18(31-2)6-4-16/h3-8,10,13-14,24H,9,11-12H2,1-2H3,(H,25,26,27,28). The molecule has 32 heavy (non-hydrogen) atoms. The quantitative estimate of drug-likeness (QED) is 0.446. The number of hydrogen-bond donors (Lipinski definition) is 2. The molecule has 3 aromatic heterocycles. The van der Waals surface area contributed by atoms with E-state index >= 15 is 0 Å². The normalized spacial score (nSPS) is 13.2. The van der Waals surface area contributed by atoms with Crippen LogP contribution in [0.15, 0.2) is 54.2 Å². The molecule has 1 aromatic carbocycles. The van der Waals surface area contributed by atoms with E-state index in [2.05, 4.69) is 45.0 Å². The highest BCUT2D eigenvalue weighted by Gasteiger charge is 2.19. The molecular weight excluding hydrogens is 422 g/mol. The Bertz CT molecular complexity index is 1260. The largest absolute Gasteiger partial charge is 0.497 e. The fourth-order valence-electron chi connectivity index (χ4n) is 3.56. The summed E-state index contributed by atoms with van der Waals surface area (Å²) in [6, 6.07) is 9.92. The van der Waals surface area contributed by atoms with E-state index in [0.717, 1.165) is 52.2 Å². The van der Waals surface area contributed by atoms with Crippen LogP contribution >= 0.6 is 11.3 Å². The van der Waals surface area contributed by atoms with Gasteiger partial charge < -0.3 is 15.4 Å². The summed E-state index contributed by atoms with van der Waals surface area (Å²) in [5.74, 6) is 1.39. The minimum Gasteiger partial charge on any atom is -0.497 e. The van der Waals surface area contributed by atoms with E-state index in [1.807, 2.05) is 35.2 Å².